The van der Waals surface area contributed by atoms with Gasteiger partial charge in [-0.2, -0.15) is 0 Å². The van der Waals surface area contributed by atoms with Gasteiger partial charge in [-0.3, -0.25) is 9.69 Å². The van der Waals surface area contributed by atoms with Crippen molar-refractivity contribution < 1.29 is 4.79 Å². The summed E-state index contributed by atoms with van der Waals surface area (Å²) in [4.78, 5) is 21.7. The van der Waals surface area contributed by atoms with Crippen LogP contribution < -0.4 is 4.90 Å². The number of nitrogens with zero attached hydrogens (tertiary/aromatic N) is 3. The minimum atomic E-state index is 0.225. The Morgan fingerprint density at radius 2 is 1.65 bits per heavy atom. The maximum absolute atomic E-state index is 12.6. The van der Waals surface area contributed by atoms with E-state index in [9.17, 15) is 4.79 Å². The van der Waals surface area contributed by atoms with Crippen LogP contribution in [0.1, 0.15) is 16.8 Å². The molecule has 4 heteroatoms. The minimum Gasteiger partial charge on any atom is -0.354 e. The number of piperazine rings is 1. The number of rotatable bonds is 5. The van der Waals surface area contributed by atoms with Gasteiger partial charge >= 0.3 is 0 Å². The minimum absolute atomic E-state index is 0.225. The Kier molecular flexibility index (Phi) is 4.93. The van der Waals surface area contributed by atoms with Crippen molar-refractivity contribution in [2.45, 2.75) is 6.42 Å². The Balaban J connectivity index is 1.31. The third-order valence-electron chi connectivity index (χ3n) is 5.07. The quantitative estimate of drug-likeness (QED) is 0.662. The summed E-state index contributed by atoms with van der Waals surface area (Å²) < 4.78 is 0. The second-order valence-corrected chi connectivity index (χ2v) is 6.75. The van der Waals surface area contributed by atoms with Crippen LogP contribution in [0.5, 0.6) is 0 Å². The molecule has 0 bridgehead atoms. The van der Waals surface area contributed by atoms with Crippen molar-refractivity contribution in [3.8, 4) is 0 Å². The van der Waals surface area contributed by atoms with E-state index in [0.29, 0.717) is 6.42 Å². The van der Waals surface area contributed by atoms with Gasteiger partial charge in [-0.15, -0.1) is 0 Å². The molecular formula is C22H23N3O. The molecule has 1 aliphatic heterocycles. The van der Waals surface area contributed by atoms with Crippen molar-refractivity contribution in [2.75, 3.05) is 37.6 Å². The van der Waals surface area contributed by atoms with Crippen molar-refractivity contribution in [2.24, 2.45) is 0 Å². The molecule has 0 atom stereocenters. The standard InChI is InChI=1S/C22H23N3O/c26-21(20-9-8-18-5-1-2-6-19(18)17-20)10-12-24-13-15-25(16-14-24)22-7-3-4-11-23-22/h1-9,11,17H,10,12-16H2. The monoisotopic (exact) mass is 345 g/mol. The molecule has 0 N–H and O–H groups in total. The first-order chi connectivity index (χ1) is 12.8. The van der Waals surface area contributed by atoms with E-state index >= 15 is 0 Å². The first kappa shape index (κ1) is 16.7. The molecule has 0 spiro atoms. The maximum Gasteiger partial charge on any atom is 0.164 e. The molecule has 0 amide bonds. The van der Waals surface area contributed by atoms with Crippen LogP contribution in [0, 0.1) is 0 Å². The van der Waals surface area contributed by atoms with Gasteiger partial charge in [-0.25, -0.2) is 4.98 Å². The molecule has 0 radical (unpaired) electrons. The molecule has 1 fully saturated rings. The van der Waals surface area contributed by atoms with E-state index in [2.05, 4.69) is 33.0 Å². The van der Waals surface area contributed by atoms with Crippen LogP contribution in [0.2, 0.25) is 0 Å². The number of fused-ring (bicyclic) bond motifs is 1. The van der Waals surface area contributed by atoms with Crippen molar-refractivity contribution >= 4 is 22.4 Å². The Bertz CT molecular complexity index is 886. The number of benzene rings is 2. The predicted octanol–water partition coefficient (Wildman–Crippen LogP) is 3.63. The number of anilines is 1. The van der Waals surface area contributed by atoms with E-state index in [1.54, 1.807) is 0 Å². The van der Waals surface area contributed by atoms with Gasteiger partial charge in [0.15, 0.2) is 5.78 Å². The lowest BCUT2D eigenvalue weighted by molar-refractivity contribution is 0.0962. The zero-order valence-corrected chi connectivity index (χ0v) is 14.8. The summed E-state index contributed by atoms with van der Waals surface area (Å²) in [6.45, 7) is 4.69. The fraction of sp³-hybridized carbons (Fsp3) is 0.273. The van der Waals surface area contributed by atoms with E-state index in [4.69, 9.17) is 0 Å². The van der Waals surface area contributed by atoms with Crippen LogP contribution in [0.15, 0.2) is 66.9 Å². The van der Waals surface area contributed by atoms with Gasteiger partial charge in [-0.05, 0) is 29.0 Å². The van der Waals surface area contributed by atoms with Gasteiger partial charge in [0.1, 0.15) is 5.82 Å². The fourth-order valence-corrected chi connectivity index (χ4v) is 3.51. The van der Waals surface area contributed by atoms with Crippen molar-refractivity contribution in [3.63, 3.8) is 0 Å². The zero-order chi connectivity index (χ0) is 17.8. The average Bonchev–Trinajstić information content (AvgIpc) is 2.72. The van der Waals surface area contributed by atoms with Crippen LogP contribution in [-0.2, 0) is 0 Å². The number of carbonyl (C=O) groups excluding carboxylic acids is 1. The van der Waals surface area contributed by atoms with E-state index in [-0.39, 0.29) is 5.78 Å². The van der Waals surface area contributed by atoms with Crippen LogP contribution in [0.25, 0.3) is 10.8 Å². The molecule has 1 aliphatic rings. The Morgan fingerprint density at radius 3 is 2.42 bits per heavy atom. The Morgan fingerprint density at radius 1 is 0.885 bits per heavy atom. The third-order valence-corrected chi connectivity index (χ3v) is 5.07. The number of hydrogen-bond donors (Lipinski definition) is 0. The molecular weight excluding hydrogens is 322 g/mol. The Labute approximate surface area is 154 Å². The number of Topliss-reactive ketones (excluding diaryl/α,β-unsaturated/α-hetero) is 1. The maximum atomic E-state index is 12.6. The molecule has 3 aromatic rings. The highest BCUT2D eigenvalue weighted by Crippen LogP contribution is 2.17. The van der Waals surface area contributed by atoms with Gasteiger partial charge in [0.25, 0.3) is 0 Å². The summed E-state index contributed by atoms with van der Waals surface area (Å²) in [6, 6.07) is 20.2. The average molecular weight is 345 g/mol. The first-order valence-electron chi connectivity index (χ1n) is 9.20. The summed E-state index contributed by atoms with van der Waals surface area (Å²) in [7, 11) is 0. The molecule has 26 heavy (non-hydrogen) atoms. The molecule has 4 nitrogen and oxygen atoms in total. The van der Waals surface area contributed by atoms with Gasteiger partial charge in [-0.1, -0.05) is 42.5 Å². The van der Waals surface area contributed by atoms with Gasteiger partial charge < -0.3 is 4.90 Å². The van der Waals surface area contributed by atoms with Crippen LogP contribution in [-0.4, -0.2) is 48.4 Å². The van der Waals surface area contributed by atoms with Crippen molar-refractivity contribution in [1.29, 1.82) is 0 Å². The van der Waals surface area contributed by atoms with Crippen LogP contribution in [0.4, 0.5) is 5.82 Å². The molecule has 0 aliphatic carbocycles. The van der Waals surface area contributed by atoms with E-state index in [1.807, 2.05) is 48.7 Å². The number of aromatic nitrogens is 1. The fourth-order valence-electron chi connectivity index (χ4n) is 3.51. The summed E-state index contributed by atoms with van der Waals surface area (Å²) in [5, 5.41) is 2.30. The molecule has 0 saturated carbocycles. The highest BCUT2D eigenvalue weighted by Gasteiger charge is 2.18. The van der Waals surface area contributed by atoms with E-state index < -0.39 is 0 Å². The topological polar surface area (TPSA) is 36.4 Å². The lowest BCUT2D eigenvalue weighted by Crippen LogP contribution is -2.47. The third kappa shape index (κ3) is 3.75. The highest BCUT2D eigenvalue weighted by molar-refractivity contribution is 6.00. The molecule has 2 aromatic carbocycles. The normalized spacial score (nSPS) is 15.3. The van der Waals surface area contributed by atoms with E-state index in [0.717, 1.165) is 49.5 Å². The molecule has 1 aromatic heterocycles. The van der Waals surface area contributed by atoms with Crippen LogP contribution in [0.3, 0.4) is 0 Å². The van der Waals surface area contributed by atoms with Crippen LogP contribution >= 0.6 is 0 Å². The predicted molar refractivity (Wildman–Crippen MR) is 106 cm³/mol. The SMILES string of the molecule is O=C(CCN1CCN(c2ccccn2)CC1)c1ccc2ccccc2c1. The highest BCUT2D eigenvalue weighted by atomic mass is 16.1. The van der Waals surface area contributed by atoms with Gasteiger partial charge in [0, 0.05) is 50.9 Å². The molecule has 0 unspecified atom stereocenters. The second-order valence-electron chi connectivity index (χ2n) is 6.75. The smallest absolute Gasteiger partial charge is 0.164 e. The number of hydrogen-bond acceptors (Lipinski definition) is 4. The van der Waals surface area contributed by atoms with Gasteiger partial charge in [0.2, 0.25) is 0 Å². The summed E-state index contributed by atoms with van der Waals surface area (Å²) >= 11 is 0. The number of pyridine rings is 1. The van der Waals surface area contributed by atoms with E-state index in [1.165, 1.54) is 5.39 Å². The summed E-state index contributed by atoms with van der Waals surface area (Å²) in [5.74, 6) is 1.27. The number of carbonyl (C=O) groups is 1. The number of ketones is 1. The molecule has 4 rings (SSSR count). The largest absolute Gasteiger partial charge is 0.354 e. The van der Waals surface area contributed by atoms with Gasteiger partial charge in [0.05, 0.1) is 0 Å². The second kappa shape index (κ2) is 7.67. The lowest BCUT2D eigenvalue weighted by atomic mass is 10.0. The Hall–Kier alpha value is -2.72. The summed E-state index contributed by atoms with van der Waals surface area (Å²) in [6.07, 6.45) is 2.41. The molecule has 1 saturated heterocycles. The summed E-state index contributed by atoms with van der Waals surface area (Å²) in [5.41, 5.74) is 0.816. The molecule has 2 heterocycles. The van der Waals surface area contributed by atoms with Crippen molar-refractivity contribution in [1.82, 2.24) is 9.88 Å². The first-order valence-corrected chi connectivity index (χ1v) is 9.20. The lowest BCUT2D eigenvalue weighted by Gasteiger charge is -2.35. The van der Waals surface area contributed by atoms with Crippen molar-refractivity contribution in [3.05, 3.63) is 72.4 Å². The zero-order valence-electron chi connectivity index (χ0n) is 14.8. The molecule has 132 valence electrons.